The molecule has 0 aliphatic carbocycles. The lowest BCUT2D eigenvalue weighted by molar-refractivity contribution is -0.121. The average Bonchev–Trinajstić information content (AvgIpc) is 2.49. The lowest BCUT2D eigenvalue weighted by atomic mass is 9.91. The zero-order valence-corrected chi connectivity index (χ0v) is 11.0. The number of aliphatic hydroxyl groups is 1. The van der Waals surface area contributed by atoms with Gasteiger partial charge in [-0.3, -0.25) is 9.78 Å². The van der Waals surface area contributed by atoms with Crippen LogP contribution in [0.25, 0.3) is 0 Å². The minimum atomic E-state index is -0.793. The van der Waals surface area contributed by atoms with Crippen LogP contribution < -0.4 is 0 Å². The van der Waals surface area contributed by atoms with Crippen molar-refractivity contribution in [2.75, 3.05) is 6.61 Å². The molecule has 0 bridgehead atoms. The number of aromatic nitrogens is 1. The van der Waals surface area contributed by atoms with Crippen LogP contribution in [0.1, 0.15) is 23.5 Å². The van der Waals surface area contributed by atoms with E-state index in [1.807, 2.05) is 12.1 Å². The van der Waals surface area contributed by atoms with E-state index in [2.05, 4.69) is 4.98 Å². The summed E-state index contributed by atoms with van der Waals surface area (Å²) in [6.07, 6.45) is 4.16. The van der Waals surface area contributed by atoms with Gasteiger partial charge >= 0.3 is 0 Å². The first-order valence-electron chi connectivity index (χ1n) is 6.49. The Morgan fingerprint density at radius 2 is 1.90 bits per heavy atom. The summed E-state index contributed by atoms with van der Waals surface area (Å²) in [7, 11) is 0. The summed E-state index contributed by atoms with van der Waals surface area (Å²) >= 11 is 0. The van der Waals surface area contributed by atoms with Crippen molar-refractivity contribution in [2.24, 2.45) is 0 Å². The summed E-state index contributed by atoms with van der Waals surface area (Å²) in [6, 6.07) is 9.75. The predicted octanol–water partition coefficient (Wildman–Crippen LogP) is 2.50. The van der Waals surface area contributed by atoms with E-state index in [1.54, 1.807) is 30.6 Å². The van der Waals surface area contributed by atoms with Gasteiger partial charge in [-0.15, -0.1) is 0 Å². The Morgan fingerprint density at radius 1 is 1.20 bits per heavy atom. The van der Waals surface area contributed by atoms with Crippen LogP contribution >= 0.6 is 0 Å². The minimum Gasteiger partial charge on any atom is -0.395 e. The number of ketones is 1. The molecule has 1 N–H and O–H groups in total. The van der Waals surface area contributed by atoms with Crippen LogP contribution in [0.2, 0.25) is 0 Å². The van der Waals surface area contributed by atoms with Gasteiger partial charge in [0.15, 0.2) is 0 Å². The lowest BCUT2D eigenvalue weighted by Gasteiger charge is -2.14. The maximum Gasteiger partial charge on any atom is 0.143 e. The molecule has 2 aromatic rings. The molecule has 0 fully saturated rings. The zero-order valence-electron chi connectivity index (χ0n) is 11.0. The van der Waals surface area contributed by atoms with E-state index in [9.17, 15) is 14.3 Å². The highest BCUT2D eigenvalue weighted by Crippen LogP contribution is 2.21. The number of aryl methyl sites for hydroxylation is 1. The predicted molar refractivity (Wildman–Crippen MR) is 73.8 cm³/mol. The fourth-order valence-electron chi connectivity index (χ4n) is 2.12. The first kappa shape index (κ1) is 14.3. The summed E-state index contributed by atoms with van der Waals surface area (Å²) in [5.41, 5.74) is 1.26. The van der Waals surface area contributed by atoms with Gasteiger partial charge in [-0.2, -0.15) is 0 Å². The van der Waals surface area contributed by atoms with Gasteiger partial charge in [0.25, 0.3) is 0 Å². The van der Waals surface area contributed by atoms with Gasteiger partial charge in [0.2, 0.25) is 0 Å². The largest absolute Gasteiger partial charge is 0.395 e. The number of halogens is 1. The highest BCUT2D eigenvalue weighted by molar-refractivity contribution is 5.86. The minimum absolute atomic E-state index is 0.158. The second-order valence-electron chi connectivity index (χ2n) is 4.58. The molecule has 0 aliphatic heterocycles. The van der Waals surface area contributed by atoms with Crippen molar-refractivity contribution in [3.8, 4) is 0 Å². The molecule has 1 unspecified atom stereocenters. The summed E-state index contributed by atoms with van der Waals surface area (Å²) in [5.74, 6) is -1.41. The van der Waals surface area contributed by atoms with E-state index in [1.165, 1.54) is 6.07 Å². The van der Waals surface area contributed by atoms with Gasteiger partial charge in [0, 0.05) is 24.4 Å². The van der Waals surface area contributed by atoms with Crippen molar-refractivity contribution in [2.45, 2.75) is 18.8 Å². The Morgan fingerprint density at radius 3 is 2.55 bits per heavy atom. The molecule has 0 saturated carbocycles. The van der Waals surface area contributed by atoms with E-state index in [0.29, 0.717) is 6.42 Å². The fourth-order valence-corrected chi connectivity index (χ4v) is 2.12. The van der Waals surface area contributed by atoms with Crippen molar-refractivity contribution in [3.63, 3.8) is 0 Å². The molecule has 20 heavy (non-hydrogen) atoms. The quantitative estimate of drug-likeness (QED) is 0.879. The van der Waals surface area contributed by atoms with Crippen LogP contribution in [0.5, 0.6) is 0 Å². The first-order chi connectivity index (χ1) is 9.72. The third-order valence-corrected chi connectivity index (χ3v) is 3.26. The second-order valence-corrected chi connectivity index (χ2v) is 4.58. The van der Waals surface area contributed by atoms with Crippen molar-refractivity contribution < 1.29 is 14.3 Å². The van der Waals surface area contributed by atoms with Crippen LogP contribution in [0.4, 0.5) is 4.39 Å². The Kier molecular flexibility index (Phi) is 4.96. The Balaban J connectivity index is 2.05. The van der Waals surface area contributed by atoms with Crippen molar-refractivity contribution in [1.82, 2.24) is 4.98 Å². The Bertz CT molecular complexity index is 572. The van der Waals surface area contributed by atoms with Crippen LogP contribution in [-0.2, 0) is 11.2 Å². The number of carbonyl (C=O) groups is 1. The second kappa shape index (κ2) is 6.91. The summed E-state index contributed by atoms with van der Waals surface area (Å²) in [6.45, 7) is -0.379. The van der Waals surface area contributed by atoms with Crippen molar-refractivity contribution >= 4 is 5.78 Å². The van der Waals surface area contributed by atoms with Gasteiger partial charge in [0.05, 0.1) is 12.5 Å². The molecule has 0 spiro atoms. The van der Waals surface area contributed by atoms with Crippen molar-refractivity contribution in [3.05, 3.63) is 65.7 Å². The molecule has 3 nitrogen and oxygen atoms in total. The van der Waals surface area contributed by atoms with E-state index in [0.717, 1.165) is 5.56 Å². The molecular weight excluding hydrogens is 257 g/mol. The molecule has 1 aromatic carbocycles. The standard InChI is InChI=1S/C16H16FNO2/c17-15-4-2-1-3-13(15)14(11-19)16(20)6-5-12-7-9-18-10-8-12/h1-4,7-10,14,19H,5-6,11H2. The fraction of sp³-hybridized carbons (Fsp3) is 0.250. The number of benzene rings is 1. The molecule has 104 valence electrons. The third kappa shape index (κ3) is 3.48. The van der Waals surface area contributed by atoms with E-state index in [4.69, 9.17) is 0 Å². The number of hydrogen-bond donors (Lipinski definition) is 1. The molecule has 1 heterocycles. The molecule has 1 atom stereocenters. The van der Waals surface area contributed by atoms with Gasteiger partial charge in [-0.05, 0) is 30.2 Å². The van der Waals surface area contributed by atoms with Crippen LogP contribution in [-0.4, -0.2) is 22.5 Å². The van der Waals surface area contributed by atoms with Crippen LogP contribution in [0.15, 0.2) is 48.8 Å². The number of aliphatic hydroxyl groups excluding tert-OH is 1. The maximum atomic E-state index is 13.7. The number of nitrogens with zero attached hydrogens (tertiary/aromatic N) is 1. The van der Waals surface area contributed by atoms with Gasteiger partial charge in [0.1, 0.15) is 11.6 Å². The summed E-state index contributed by atoms with van der Waals surface area (Å²) < 4.78 is 13.7. The number of hydrogen-bond acceptors (Lipinski definition) is 3. The third-order valence-electron chi connectivity index (χ3n) is 3.26. The zero-order chi connectivity index (χ0) is 14.4. The number of pyridine rings is 1. The average molecular weight is 273 g/mol. The molecule has 0 aliphatic rings. The number of rotatable bonds is 6. The molecule has 4 heteroatoms. The highest BCUT2D eigenvalue weighted by atomic mass is 19.1. The van der Waals surface area contributed by atoms with Gasteiger partial charge in [-0.1, -0.05) is 18.2 Å². The van der Waals surface area contributed by atoms with Crippen LogP contribution in [0.3, 0.4) is 0 Å². The first-order valence-corrected chi connectivity index (χ1v) is 6.49. The highest BCUT2D eigenvalue weighted by Gasteiger charge is 2.22. The molecule has 0 radical (unpaired) electrons. The van der Waals surface area contributed by atoms with E-state index in [-0.39, 0.29) is 24.4 Å². The molecule has 1 aromatic heterocycles. The Hall–Kier alpha value is -2.07. The molecule has 0 amide bonds. The summed E-state index contributed by atoms with van der Waals surface area (Å²) in [4.78, 5) is 16.1. The van der Waals surface area contributed by atoms with Gasteiger partial charge < -0.3 is 5.11 Å². The summed E-state index contributed by atoms with van der Waals surface area (Å²) in [5, 5.41) is 9.37. The van der Waals surface area contributed by atoms with Gasteiger partial charge in [-0.25, -0.2) is 4.39 Å². The smallest absolute Gasteiger partial charge is 0.143 e. The normalized spacial score (nSPS) is 12.1. The van der Waals surface area contributed by atoms with E-state index < -0.39 is 11.7 Å². The van der Waals surface area contributed by atoms with E-state index >= 15 is 0 Å². The maximum absolute atomic E-state index is 13.7. The lowest BCUT2D eigenvalue weighted by Crippen LogP contribution is -2.18. The molecular formula is C16H16FNO2. The monoisotopic (exact) mass is 273 g/mol. The SMILES string of the molecule is O=C(CCc1ccncc1)C(CO)c1ccccc1F. The number of Topliss-reactive ketones (excluding diaryl/α,β-unsaturated/α-hetero) is 1. The molecule has 0 saturated heterocycles. The molecule has 2 rings (SSSR count). The Labute approximate surface area is 117 Å². The van der Waals surface area contributed by atoms with Crippen molar-refractivity contribution in [1.29, 1.82) is 0 Å². The topological polar surface area (TPSA) is 50.2 Å². The van der Waals surface area contributed by atoms with Crippen LogP contribution in [0, 0.1) is 5.82 Å². The number of carbonyl (C=O) groups excluding carboxylic acids is 1.